The molecule has 0 spiro atoms. The van der Waals surface area contributed by atoms with E-state index in [1.165, 1.54) is 57.8 Å². The molecule has 0 aliphatic heterocycles. The fourth-order valence-electron chi connectivity index (χ4n) is 4.80. The molecule has 3 N–H and O–H groups in total. The Kier molecular flexibility index (Phi) is 5.30. The van der Waals surface area contributed by atoms with E-state index in [2.05, 4.69) is 26.2 Å². The molecule has 112 valence electrons. The maximum absolute atomic E-state index is 5.99. The van der Waals surface area contributed by atoms with Crippen LogP contribution >= 0.6 is 0 Å². The van der Waals surface area contributed by atoms with Crippen molar-refractivity contribution in [3.05, 3.63) is 0 Å². The van der Waals surface area contributed by atoms with Crippen molar-refractivity contribution in [1.82, 2.24) is 5.43 Å². The number of nitrogens with one attached hydrogen (secondary N) is 1. The normalized spacial score (nSPS) is 36.9. The van der Waals surface area contributed by atoms with Crippen molar-refractivity contribution in [2.45, 2.75) is 84.6 Å². The molecule has 19 heavy (non-hydrogen) atoms. The number of hydrazine groups is 1. The Morgan fingerprint density at radius 3 is 2.58 bits per heavy atom. The SMILES string of the molecule is CCC1CCCC(C(NN)C2CCCCC2(C)C)C1. The highest BCUT2D eigenvalue weighted by molar-refractivity contribution is 4.94. The van der Waals surface area contributed by atoms with Crippen molar-refractivity contribution in [3.8, 4) is 0 Å². The van der Waals surface area contributed by atoms with E-state index in [0.717, 1.165) is 17.8 Å². The minimum Gasteiger partial charge on any atom is -0.271 e. The van der Waals surface area contributed by atoms with Gasteiger partial charge in [-0.15, -0.1) is 0 Å². The van der Waals surface area contributed by atoms with Crippen molar-refractivity contribution in [3.63, 3.8) is 0 Å². The molecular weight excluding hydrogens is 232 g/mol. The molecule has 0 heterocycles. The molecule has 4 unspecified atom stereocenters. The summed E-state index contributed by atoms with van der Waals surface area (Å²) in [6.07, 6.45) is 12.5. The van der Waals surface area contributed by atoms with Crippen LogP contribution in [-0.2, 0) is 0 Å². The van der Waals surface area contributed by atoms with Gasteiger partial charge in [-0.25, -0.2) is 0 Å². The lowest BCUT2D eigenvalue weighted by molar-refractivity contribution is 0.0547. The minimum atomic E-state index is 0.467. The van der Waals surface area contributed by atoms with E-state index in [4.69, 9.17) is 5.84 Å². The molecule has 0 aromatic rings. The fourth-order valence-corrected chi connectivity index (χ4v) is 4.80. The van der Waals surface area contributed by atoms with Crippen molar-refractivity contribution >= 4 is 0 Å². The van der Waals surface area contributed by atoms with Crippen molar-refractivity contribution < 1.29 is 0 Å². The van der Waals surface area contributed by atoms with Crippen molar-refractivity contribution in [2.75, 3.05) is 0 Å². The smallest absolute Gasteiger partial charge is 0.0272 e. The lowest BCUT2D eigenvalue weighted by Gasteiger charge is -2.47. The van der Waals surface area contributed by atoms with Gasteiger partial charge in [-0.1, -0.05) is 52.9 Å². The van der Waals surface area contributed by atoms with Crippen LogP contribution in [0.1, 0.15) is 78.6 Å². The highest BCUT2D eigenvalue weighted by Gasteiger charge is 2.41. The topological polar surface area (TPSA) is 38.0 Å². The first-order valence-electron chi connectivity index (χ1n) is 8.54. The summed E-state index contributed by atoms with van der Waals surface area (Å²) in [7, 11) is 0. The Bertz CT molecular complexity index is 274. The minimum absolute atomic E-state index is 0.467. The highest BCUT2D eigenvalue weighted by atomic mass is 15.2. The van der Waals surface area contributed by atoms with Gasteiger partial charge in [0.2, 0.25) is 0 Å². The van der Waals surface area contributed by atoms with Gasteiger partial charge in [0.05, 0.1) is 0 Å². The largest absolute Gasteiger partial charge is 0.271 e. The Balaban J connectivity index is 2.05. The van der Waals surface area contributed by atoms with Crippen LogP contribution in [-0.4, -0.2) is 6.04 Å². The number of rotatable bonds is 4. The van der Waals surface area contributed by atoms with Gasteiger partial charge in [0.25, 0.3) is 0 Å². The van der Waals surface area contributed by atoms with Crippen LogP contribution < -0.4 is 11.3 Å². The molecule has 2 saturated carbocycles. The zero-order valence-corrected chi connectivity index (χ0v) is 13.3. The van der Waals surface area contributed by atoms with Gasteiger partial charge in [0.15, 0.2) is 0 Å². The lowest BCUT2D eigenvalue weighted by atomic mass is 9.61. The summed E-state index contributed by atoms with van der Waals surface area (Å²) in [5, 5.41) is 0. The third-order valence-electron chi connectivity index (χ3n) is 6.12. The van der Waals surface area contributed by atoms with Crippen molar-refractivity contribution in [1.29, 1.82) is 0 Å². The molecule has 0 amide bonds. The summed E-state index contributed by atoms with van der Waals surface area (Å²) in [6, 6.07) is 0.546. The van der Waals surface area contributed by atoms with Crippen LogP contribution in [0.2, 0.25) is 0 Å². The predicted octanol–water partition coefficient (Wildman–Crippen LogP) is 4.25. The van der Waals surface area contributed by atoms with Gasteiger partial charge in [0, 0.05) is 6.04 Å². The fraction of sp³-hybridized carbons (Fsp3) is 1.00. The highest BCUT2D eigenvalue weighted by Crippen LogP contribution is 2.46. The zero-order chi connectivity index (χ0) is 13.9. The second kappa shape index (κ2) is 6.58. The average Bonchev–Trinajstić information content (AvgIpc) is 2.41. The molecule has 2 heteroatoms. The molecule has 4 atom stereocenters. The first-order chi connectivity index (χ1) is 9.08. The average molecular weight is 266 g/mol. The first kappa shape index (κ1) is 15.3. The van der Waals surface area contributed by atoms with E-state index in [0.29, 0.717) is 11.5 Å². The van der Waals surface area contributed by atoms with Gasteiger partial charge < -0.3 is 0 Å². The summed E-state index contributed by atoms with van der Waals surface area (Å²) in [6.45, 7) is 7.27. The summed E-state index contributed by atoms with van der Waals surface area (Å²) in [5.41, 5.74) is 3.71. The molecule has 2 nitrogen and oxygen atoms in total. The lowest BCUT2D eigenvalue weighted by Crippen LogP contribution is -2.52. The summed E-state index contributed by atoms with van der Waals surface area (Å²) < 4.78 is 0. The maximum Gasteiger partial charge on any atom is 0.0272 e. The van der Waals surface area contributed by atoms with E-state index in [1.807, 2.05) is 0 Å². The Morgan fingerprint density at radius 1 is 1.16 bits per heavy atom. The Hall–Kier alpha value is -0.0800. The summed E-state index contributed by atoms with van der Waals surface area (Å²) in [4.78, 5) is 0. The second-order valence-corrected chi connectivity index (χ2v) is 7.73. The van der Waals surface area contributed by atoms with E-state index in [-0.39, 0.29) is 0 Å². The third kappa shape index (κ3) is 3.52. The number of hydrogen-bond acceptors (Lipinski definition) is 2. The van der Waals surface area contributed by atoms with E-state index in [9.17, 15) is 0 Å². The van der Waals surface area contributed by atoms with Crippen LogP contribution in [0.3, 0.4) is 0 Å². The molecule has 0 saturated heterocycles. The quantitative estimate of drug-likeness (QED) is 0.589. The van der Waals surface area contributed by atoms with Crippen molar-refractivity contribution in [2.24, 2.45) is 29.0 Å². The molecule has 2 aliphatic carbocycles. The Morgan fingerprint density at radius 2 is 1.95 bits per heavy atom. The molecule has 0 aromatic heterocycles. The van der Waals surface area contributed by atoms with Gasteiger partial charge in [0.1, 0.15) is 0 Å². The maximum atomic E-state index is 5.99. The van der Waals surface area contributed by atoms with Crippen LogP contribution in [0, 0.1) is 23.2 Å². The molecular formula is C17H34N2. The van der Waals surface area contributed by atoms with Gasteiger partial charge in [-0.3, -0.25) is 11.3 Å². The van der Waals surface area contributed by atoms with Crippen LogP contribution in [0.5, 0.6) is 0 Å². The zero-order valence-electron chi connectivity index (χ0n) is 13.3. The molecule has 0 radical (unpaired) electrons. The second-order valence-electron chi connectivity index (χ2n) is 7.73. The predicted molar refractivity (Wildman–Crippen MR) is 82.6 cm³/mol. The molecule has 2 aliphatic rings. The first-order valence-corrected chi connectivity index (χ1v) is 8.54. The molecule has 0 aromatic carbocycles. The van der Waals surface area contributed by atoms with Crippen LogP contribution in [0.4, 0.5) is 0 Å². The van der Waals surface area contributed by atoms with Gasteiger partial charge >= 0.3 is 0 Å². The van der Waals surface area contributed by atoms with Gasteiger partial charge in [-0.05, 0) is 48.9 Å². The van der Waals surface area contributed by atoms with Gasteiger partial charge in [-0.2, -0.15) is 0 Å². The Labute approximate surface area is 119 Å². The van der Waals surface area contributed by atoms with E-state index < -0.39 is 0 Å². The number of nitrogens with two attached hydrogens (primary N) is 1. The molecule has 2 rings (SSSR count). The van der Waals surface area contributed by atoms with E-state index in [1.54, 1.807) is 0 Å². The van der Waals surface area contributed by atoms with Crippen LogP contribution in [0.25, 0.3) is 0 Å². The summed E-state index contributed by atoms with van der Waals surface area (Å²) in [5.74, 6) is 8.52. The van der Waals surface area contributed by atoms with E-state index >= 15 is 0 Å². The standard InChI is InChI=1S/C17H34N2/c1-4-13-8-7-9-14(12-13)16(19-18)15-10-5-6-11-17(15,2)3/h13-16,19H,4-12,18H2,1-3H3. The summed E-state index contributed by atoms with van der Waals surface area (Å²) >= 11 is 0. The van der Waals surface area contributed by atoms with Crippen LogP contribution in [0.15, 0.2) is 0 Å². The molecule has 0 bridgehead atoms. The number of hydrogen-bond donors (Lipinski definition) is 2. The third-order valence-corrected chi connectivity index (χ3v) is 6.12. The monoisotopic (exact) mass is 266 g/mol. The molecule has 2 fully saturated rings.